The Balaban J connectivity index is 1.93. The monoisotopic (exact) mass is 315 g/mol. The van der Waals surface area contributed by atoms with Crippen LogP contribution in [0.1, 0.15) is 10.5 Å². The number of amides is 2. The van der Waals surface area contributed by atoms with Crippen LogP contribution in [-0.4, -0.2) is 23.3 Å². The van der Waals surface area contributed by atoms with E-state index in [4.69, 9.17) is 0 Å². The Morgan fingerprint density at radius 2 is 1.95 bits per heavy atom. The van der Waals surface area contributed by atoms with Gasteiger partial charge in [0.15, 0.2) is 17.5 Å². The van der Waals surface area contributed by atoms with Gasteiger partial charge in [-0.2, -0.15) is 0 Å². The standard InChI is InChI=1S/C12H8F3N3O2S/c13-6-1-2-7(11(15)10(6)14)18-9(19)3-16-12(20)8-4-21-5-17-8/h1-2,4-5H,3H2,(H,16,20)(H,18,19). The number of hydrogen-bond acceptors (Lipinski definition) is 4. The molecule has 0 aliphatic carbocycles. The molecule has 110 valence electrons. The Hall–Kier alpha value is -2.42. The van der Waals surface area contributed by atoms with Crippen LogP contribution >= 0.6 is 11.3 Å². The summed E-state index contributed by atoms with van der Waals surface area (Å²) in [7, 11) is 0. The number of halogens is 3. The number of hydrogen-bond donors (Lipinski definition) is 2. The summed E-state index contributed by atoms with van der Waals surface area (Å²) in [4.78, 5) is 26.7. The molecule has 0 atom stereocenters. The van der Waals surface area contributed by atoms with Crippen molar-refractivity contribution in [3.63, 3.8) is 0 Å². The summed E-state index contributed by atoms with van der Waals surface area (Å²) >= 11 is 1.21. The maximum Gasteiger partial charge on any atom is 0.271 e. The molecule has 0 aliphatic rings. The molecule has 0 radical (unpaired) electrons. The van der Waals surface area contributed by atoms with Gasteiger partial charge in [-0.25, -0.2) is 18.2 Å². The molecule has 0 saturated heterocycles. The van der Waals surface area contributed by atoms with Crippen LogP contribution in [0.3, 0.4) is 0 Å². The van der Waals surface area contributed by atoms with Gasteiger partial charge in [-0.05, 0) is 12.1 Å². The summed E-state index contributed by atoms with van der Waals surface area (Å²) in [6, 6.07) is 1.57. The first-order valence-electron chi connectivity index (χ1n) is 5.58. The molecule has 0 spiro atoms. The topological polar surface area (TPSA) is 71.1 Å². The van der Waals surface area contributed by atoms with E-state index in [1.165, 1.54) is 22.2 Å². The fourth-order valence-corrected chi connectivity index (χ4v) is 1.92. The molecule has 9 heteroatoms. The van der Waals surface area contributed by atoms with Crippen molar-refractivity contribution in [2.45, 2.75) is 0 Å². The normalized spacial score (nSPS) is 10.2. The van der Waals surface area contributed by atoms with Gasteiger partial charge in [0.25, 0.3) is 5.91 Å². The molecular formula is C12H8F3N3O2S. The molecule has 0 unspecified atom stereocenters. The van der Waals surface area contributed by atoms with Gasteiger partial charge in [0.05, 0.1) is 17.7 Å². The van der Waals surface area contributed by atoms with Gasteiger partial charge in [-0.3, -0.25) is 9.59 Å². The summed E-state index contributed by atoms with van der Waals surface area (Å²) in [5, 5.41) is 5.77. The zero-order valence-corrected chi connectivity index (χ0v) is 11.1. The summed E-state index contributed by atoms with van der Waals surface area (Å²) in [6.45, 7) is -0.463. The van der Waals surface area contributed by atoms with E-state index in [2.05, 4.69) is 10.3 Å². The molecular weight excluding hydrogens is 307 g/mol. The molecule has 1 aromatic carbocycles. The number of benzene rings is 1. The molecule has 1 heterocycles. The number of carbonyl (C=O) groups is 2. The molecule has 0 saturated carbocycles. The van der Waals surface area contributed by atoms with Crippen LogP contribution in [-0.2, 0) is 4.79 Å². The Kier molecular flexibility index (Phi) is 4.53. The second-order valence-corrected chi connectivity index (χ2v) is 4.55. The number of nitrogens with one attached hydrogen (secondary N) is 2. The van der Waals surface area contributed by atoms with E-state index in [0.29, 0.717) is 6.07 Å². The van der Waals surface area contributed by atoms with Crippen molar-refractivity contribution in [3.8, 4) is 0 Å². The van der Waals surface area contributed by atoms with Crippen molar-refractivity contribution in [1.82, 2.24) is 10.3 Å². The number of rotatable bonds is 4. The quantitative estimate of drug-likeness (QED) is 0.847. The van der Waals surface area contributed by atoms with Crippen molar-refractivity contribution in [1.29, 1.82) is 0 Å². The van der Waals surface area contributed by atoms with Crippen LogP contribution in [0.4, 0.5) is 18.9 Å². The van der Waals surface area contributed by atoms with E-state index in [1.54, 1.807) is 0 Å². The van der Waals surface area contributed by atoms with Gasteiger partial charge in [-0.1, -0.05) is 0 Å². The summed E-state index contributed by atoms with van der Waals surface area (Å²) < 4.78 is 39.0. The van der Waals surface area contributed by atoms with Crippen LogP contribution < -0.4 is 10.6 Å². The maximum absolute atomic E-state index is 13.3. The third kappa shape index (κ3) is 3.57. The van der Waals surface area contributed by atoms with Crippen LogP contribution in [0.25, 0.3) is 0 Å². The average Bonchev–Trinajstić information content (AvgIpc) is 3.00. The maximum atomic E-state index is 13.3. The minimum atomic E-state index is -1.68. The zero-order valence-electron chi connectivity index (χ0n) is 10.3. The summed E-state index contributed by atoms with van der Waals surface area (Å²) in [5.74, 6) is -5.91. The second kappa shape index (κ2) is 6.35. The first kappa shape index (κ1) is 15.0. The summed E-state index contributed by atoms with van der Waals surface area (Å²) in [5.41, 5.74) is 1.08. The Morgan fingerprint density at radius 3 is 2.62 bits per heavy atom. The number of nitrogens with zero attached hydrogens (tertiary/aromatic N) is 1. The molecule has 1 aromatic heterocycles. The highest BCUT2D eigenvalue weighted by Crippen LogP contribution is 2.19. The van der Waals surface area contributed by atoms with Gasteiger partial charge in [0, 0.05) is 5.38 Å². The fraction of sp³-hybridized carbons (Fsp3) is 0.0833. The highest BCUT2D eigenvalue weighted by Gasteiger charge is 2.16. The highest BCUT2D eigenvalue weighted by atomic mass is 32.1. The van der Waals surface area contributed by atoms with Crippen molar-refractivity contribution in [3.05, 3.63) is 46.2 Å². The Morgan fingerprint density at radius 1 is 1.19 bits per heavy atom. The van der Waals surface area contributed by atoms with Crippen LogP contribution in [0, 0.1) is 17.5 Å². The van der Waals surface area contributed by atoms with E-state index in [-0.39, 0.29) is 5.69 Å². The molecule has 2 rings (SSSR count). The molecule has 2 amide bonds. The molecule has 2 N–H and O–H groups in total. The van der Waals surface area contributed by atoms with Gasteiger partial charge in [0.1, 0.15) is 5.69 Å². The van der Waals surface area contributed by atoms with Crippen molar-refractivity contribution < 1.29 is 22.8 Å². The fourth-order valence-electron chi connectivity index (χ4n) is 1.39. The van der Waals surface area contributed by atoms with Crippen molar-refractivity contribution in [2.75, 3.05) is 11.9 Å². The third-order valence-corrected chi connectivity index (χ3v) is 2.97. The predicted molar refractivity (Wildman–Crippen MR) is 69.4 cm³/mol. The minimum absolute atomic E-state index is 0.145. The smallest absolute Gasteiger partial charge is 0.271 e. The molecule has 0 bridgehead atoms. The first-order chi connectivity index (χ1) is 9.99. The minimum Gasteiger partial charge on any atom is -0.342 e. The number of carbonyl (C=O) groups excluding carboxylic acids is 2. The largest absolute Gasteiger partial charge is 0.342 e. The number of thiazole rings is 1. The lowest BCUT2D eigenvalue weighted by Gasteiger charge is -2.07. The van der Waals surface area contributed by atoms with E-state index in [0.717, 1.165) is 6.07 Å². The lowest BCUT2D eigenvalue weighted by molar-refractivity contribution is -0.115. The molecule has 2 aromatic rings. The SMILES string of the molecule is O=C(CNC(=O)c1cscn1)Nc1ccc(F)c(F)c1F. The van der Waals surface area contributed by atoms with E-state index < -0.39 is 41.5 Å². The van der Waals surface area contributed by atoms with E-state index in [9.17, 15) is 22.8 Å². The highest BCUT2D eigenvalue weighted by molar-refractivity contribution is 7.07. The van der Waals surface area contributed by atoms with Crippen molar-refractivity contribution in [2.24, 2.45) is 0 Å². The lowest BCUT2D eigenvalue weighted by Crippen LogP contribution is -2.33. The first-order valence-corrected chi connectivity index (χ1v) is 6.53. The van der Waals surface area contributed by atoms with E-state index >= 15 is 0 Å². The van der Waals surface area contributed by atoms with Crippen LogP contribution in [0.5, 0.6) is 0 Å². The molecule has 21 heavy (non-hydrogen) atoms. The zero-order chi connectivity index (χ0) is 15.4. The van der Waals surface area contributed by atoms with Gasteiger partial charge in [0.2, 0.25) is 5.91 Å². The molecule has 5 nitrogen and oxygen atoms in total. The lowest BCUT2D eigenvalue weighted by atomic mass is 10.2. The average molecular weight is 315 g/mol. The van der Waals surface area contributed by atoms with Gasteiger partial charge in [-0.15, -0.1) is 11.3 Å². The van der Waals surface area contributed by atoms with Crippen LogP contribution in [0.2, 0.25) is 0 Å². The number of anilines is 1. The van der Waals surface area contributed by atoms with Gasteiger partial charge >= 0.3 is 0 Å². The predicted octanol–water partition coefficient (Wildman–Crippen LogP) is 1.93. The third-order valence-electron chi connectivity index (χ3n) is 2.38. The molecule has 0 fully saturated rings. The second-order valence-electron chi connectivity index (χ2n) is 3.83. The molecule has 0 aliphatic heterocycles. The van der Waals surface area contributed by atoms with Crippen molar-refractivity contribution >= 4 is 28.8 Å². The van der Waals surface area contributed by atoms with E-state index in [1.807, 2.05) is 5.32 Å². The summed E-state index contributed by atoms with van der Waals surface area (Å²) in [6.07, 6.45) is 0. The van der Waals surface area contributed by atoms with Crippen LogP contribution in [0.15, 0.2) is 23.0 Å². The Labute approximate surface area is 120 Å². The number of aromatic nitrogens is 1. The Bertz CT molecular complexity index is 677. The van der Waals surface area contributed by atoms with Gasteiger partial charge < -0.3 is 10.6 Å².